The zero-order valence-corrected chi connectivity index (χ0v) is 11.1. The first-order valence-corrected chi connectivity index (χ1v) is 7.50. The first-order valence-electron chi connectivity index (χ1n) is 5.92. The van der Waals surface area contributed by atoms with E-state index in [0.29, 0.717) is 11.3 Å². The van der Waals surface area contributed by atoms with Gasteiger partial charge in [-0.05, 0) is 31.2 Å². The number of benzene rings is 2. The van der Waals surface area contributed by atoms with Gasteiger partial charge in [-0.15, -0.1) is 0 Å². The predicted octanol–water partition coefficient (Wildman–Crippen LogP) is 3.31. The van der Waals surface area contributed by atoms with Crippen molar-refractivity contribution in [3.63, 3.8) is 0 Å². The zero-order chi connectivity index (χ0) is 13.5. The monoisotopic (exact) mass is 276 g/mol. The van der Waals surface area contributed by atoms with Crippen LogP contribution in [0, 0.1) is 0 Å². The highest BCUT2D eigenvalue weighted by molar-refractivity contribution is 7.87. The van der Waals surface area contributed by atoms with Crippen molar-refractivity contribution < 1.29 is 17.0 Å². The van der Waals surface area contributed by atoms with E-state index in [0.717, 1.165) is 16.4 Å². The van der Waals surface area contributed by atoms with Gasteiger partial charge in [0.15, 0.2) is 0 Å². The Labute approximate surface area is 110 Å². The lowest BCUT2D eigenvalue weighted by atomic mass is 10.1. The number of fused-ring (bicyclic) bond motifs is 3. The molecular formula is C14H12O4S. The summed E-state index contributed by atoms with van der Waals surface area (Å²) in [4.78, 5) is 0. The fourth-order valence-corrected chi connectivity index (χ4v) is 2.48. The fraction of sp³-hybridized carbons (Fsp3) is 0.143. The number of para-hydroxylation sites is 1. The third-order valence-corrected chi connectivity index (χ3v) is 4.08. The van der Waals surface area contributed by atoms with Crippen LogP contribution in [0.4, 0.5) is 0 Å². The standard InChI is InChI=1S/C14H12O4S/c1-2-19(15,16)18-10-7-8-14-12(9-10)11-5-3-4-6-13(11)17-14/h3-9H,2H2,1H3. The molecule has 5 heteroatoms. The summed E-state index contributed by atoms with van der Waals surface area (Å²) in [6.45, 7) is 1.54. The van der Waals surface area contributed by atoms with Crippen LogP contribution in [0.2, 0.25) is 0 Å². The minimum absolute atomic E-state index is 0.0584. The SMILES string of the molecule is CCS(=O)(=O)Oc1ccc2oc3ccccc3c2c1. The van der Waals surface area contributed by atoms with E-state index >= 15 is 0 Å². The van der Waals surface area contributed by atoms with Crippen LogP contribution in [0.15, 0.2) is 46.9 Å². The molecule has 0 bridgehead atoms. The summed E-state index contributed by atoms with van der Waals surface area (Å²) in [6, 6.07) is 12.6. The minimum atomic E-state index is -3.51. The predicted molar refractivity (Wildman–Crippen MR) is 73.8 cm³/mol. The van der Waals surface area contributed by atoms with E-state index in [1.165, 1.54) is 0 Å². The van der Waals surface area contributed by atoms with Gasteiger partial charge in [0, 0.05) is 10.8 Å². The topological polar surface area (TPSA) is 56.5 Å². The summed E-state index contributed by atoms with van der Waals surface area (Å²) in [7, 11) is -3.51. The van der Waals surface area contributed by atoms with E-state index in [-0.39, 0.29) is 5.75 Å². The van der Waals surface area contributed by atoms with Gasteiger partial charge in [0.1, 0.15) is 16.9 Å². The average molecular weight is 276 g/mol. The van der Waals surface area contributed by atoms with E-state index in [1.807, 2.05) is 24.3 Å². The Hall–Kier alpha value is -2.01. The van der Waals surface area contributed by atoms with Gasteiger partial charge in [-0.3, -0.25) is 0 Å². The molecule has 3 rings (SSSR count). The zero-order valence-electron chi connectivity index (χ0n) is 10.3. The van der Waals surface area contributed by atoms with E-state index in [2.05, 4.69) is 0 Å². The molecule has 0 amide bonds. The maximum Gasteiger partial charge on any atom is 0.308 e. The maximum absolute atomic E-state index is 11.5. The van der Waals surface area contributed by atoms with Crippen molar-refractivity contribution >= 4 is 32.1 Å². The fourth-order valence-electron chi connectivity index (χ4n) is 1.96. The Morgan fingerprint density at radius 3 is 2.58 bits per heavy atom. The van der Waals surface area contributed by atoms with Crippen LogP contribution in [0.25, 0.3) is 21.9 Å². The molecule has 3 aromatic rings. The van der Waals surface area contributed by atoms with E-state index in [9.17, 15) is 8.42 Å². The van der Waals surface area contributed by atoms with Crippen molar-refractivity contribution in [2.24, 2.45) is 0 Å². The lowest BCUT2D eigenvalue weighted by molar-refractivity contribution is 0.488. The molecule has 0 saturated heterocycles. The summed E-state index contributed by atoms with van der Waals surface area (Å²) in [5.41, 5.74) is 1.48. The van der Waals surface area contributed by atoms with Gasteiger partial charge in [0.05, 0.1) is 5.75 Å². The maximum atomic E-state index is 11.5. The molecule has 0 unspecified atom stereocenters. The van der Waals surface area contributed by atoms with E-state index in [1.54, 1.807) is 25.1 Å². The second kappa shape index (κ2) is 4.28. The molecule has 0 atom stereocenters. The Balaban J connectivity index is 2.17. The first kappa shape index (κ1) is 12.0. The molecule has 0 aliphatic carbocycles. The van der Waals surface area contributed by atoms with Crippen LogP contribution in [0.5, 0.6) is 5.75 Å². The number of hydrogen-bond donors (Lipinski definition) is 0. The van der Waals surface area contributed by atoms with Gasteiger partial charge in [0.2, 0.25) is 0 Å². The molecule has 98 valence electrons. The summed E-state index contributed by atoms with van der Waals surface area (Å²) in [5.74, 6) is 0.248. The summed E-state index contributed by atoms with van der Waals surface area (Å²) < 4.78 is 33.6. The molecular weight excluding hydrogens is 264 g/mol. The molecule has 2 aromatic carbocycles. The summed E-state index contributed by atoms with van der Waals surface area (Å²) in [6.07, 6.45) is 0. The Kier molecular flexibility index (Phi) is 2.71. The second-order valence-electron chi connectivity index (χ2n) is 4.19. The molecule has 0 aliphatic rings. The first-order chi connectivity index (χ1) is 9.09. The van der Waals surface area contributed by atoms with Gasteiger partial charge in [0.25, 0.3) is 0 Å². The van der Waals surface area contributed by atoms with Crippen molar-refractivity contribution in [1.29, 1.82) is 0 Å². The van der Waals surface area contributed by atoms with Gasteiger partial charge in [-0.2, -0.15) is 8.42 Å². The molecule has 0 N–H and O–H groups in total. The molecule has 1 heterocycles. The van der Waals surface area contributed by atoms with Crippen molar-refractivity contribution in [2.75, 3.05) is 5.75 Å². The third-order valence-electron chi connectivity index (χ3n) is 2.92. The molecule has 0 radical (unpaired) electrons. The van der Waals surface area contributed by atoms with Crippen molar-refractivity contribution in [2.45, 2.75) is 6.92 Å². The molecule has 1 aromatic heterocycles. The van der Waals surface area contributed by atoms with E-state index in [4.69, 9.17) is 8.60 Å². The summed E-state index contributed by atoms with van der Waals surface area (Å²) in [5, 5.41) is 1.79. The molecule has 4 nitrogen and oxygen atoms in total. The van der Waals surface area contributed by atoms with Crippen LogP contribution in [0.1, 0.15) is 6.92 Å². The van der Waals surface area contributed by atoms with Crippen LogP contribution in [-0.4, -0.2) is 14.2 Å². The molecule has 0 spiro atoms. The van der Waals surface area contributed by atoms with Crippen molar-refractivity contribution in [1.82, 2.24) is 0 Å². The van der Waals surface area contributed by atoms with Gasteiger partial charge in [-0.1, -0.05) is 18.2 Å². The smallest absolute Gasteiger partial charge is 0.308 e. The van der Waals surface area contributed by atoms with Crippen molar-refractivity contribution in [3.8, 4) is 5.75 Å². The van der Waals surface area contributed by atoms with Gasteiger partial charge in [-0.25, -0.2) is 0 Å². The average Bonchev–Trinajstić information content (AvgIpc) is 2.76. The van der Waals surface area contributed by atoms with E-state index < -0.39 is 10.1 Å². The quantitative estimate of drug-likeness (QED) is 0.689. The number of rotatable bonds is 3. The highest BCUT2D eigenvalue weighted by atomic mass is 32.2. The second-order valence-corrected chi connectivity index (χ2v) is 6.05. The molecule has 0 aliphatic heterocycles. The van der Waals surface area contributed by atoms with Gasteiger partial charge < -0.3 is 8.60 Å². The Morgan fingerprint density at radius 1 is 1.05 bits per heavy atom. The third kappa shape index (κ3) is 2.17. The highest BCUT2D eigenvalue weighted by Gasteiger charge is 2.12. The lowest BCUT2D eigenvalue weighted by Gasteiger charge is -2.04. The number of hydrogen-bond acceptors (Lipinski definition) is 4. The number of furan rings is 1. The minimum Gasteiger partial charge on any atom is -0.456 e. The lowest BCUT2D eigenvalue weighted by Crippen LogP contribution is -2.11. The Bertz CT molecular complexity index is 846. The summed E-state index contributed by atoms with van der Waals surface area (Å²) >= 11 is 0. The van der Waals surface area contributed by atoms with Crippen molar-refractivity contribution in [3.05, 3.63) is 42.5 Å². The normalized spacial score (nSPS) is 12.1. The van der Waals surface area contributed by atoms with Crippen LogP contribution in [0.3, 0.4) is 0 Å². The molecule has 0 saturated carbocycles. The van der Waals surface area contributed by atoms with Gasteiger partial charge >= 0.3 is 10.1 Å². The van der Waals surface area contributed by atoms with Crippen LogP contribution >= 0.6 is 0 Å². The Morgan fingerprint density at radius 2 is 1.79 bits per heavy atom. The highest BCUT2D eigenvalue weighted by Crippen LogP contribution is 2.31. The van der Waals surface area contributed by atoms with Crippen LogP contribution in [-0.2, 0) is 10.1 Å². The molecule has 0 fully saturated rings. The molecule has 19 heavy (non-hydrogen) atoms. The van der Waals surface area contributed by atoms with Crippen LogP contribution < -0.4 is 4.18 Å². The largest absolute Gasteiger partial charge is 0.456 e.